The molecule has 0 aromatic heterocycles. The summed E-state index contributed by atoms with van der Waals surface area (Å²) in [7, 11) is -7.93. The van der Waals surface area contributed by atoms with Crippen molar-refractivity contribution >= 4 is 22.0 Å². The summed E-state index contributed by atoms with van der Waals surface area (Å²) in [5, 5.41) is 12.8. The van der Waals surface area contributed by atoms with Gasteiger partial charge in [-0.2, -0.15) is 74.6 Å². The van der Waals surface area contributed by atoms with Crippen molar-refractivity contribution in [3.8, 4) is 0 Å². The molecule has 27 heteroatoms. The molecule has 1 atom stereocenters. The van der Waals surface area contributed by atoms with E-state index in [0.717, 1.165) is 0 Å². The van der Waals surface area contributed by atoms with Gasteiger partial charge in [-0.1, -0.05) is 0 Å². The summed E-state index contributed by atoms with van der Waals surface area (Å²) in [5.41, 5.74) is 0. The molecule has 0 aliphatic carbocycles. The predicted molar refractivity (Wildman–Crippen MR) is 75.8 cm³/mol. The number of hydrogen-bond acceptors (Lipinski definition) is 6. The maximum atomic E-state index is 13.8. The van der Waals surface area contributed by atoms with Gasteiger partial charge in [0.05, 0.1) is 12.0 Å². The van der Waals surface area contributed by atoms with Gasteiger partial charge >= 0.3 is 106 Å². The molecule has 40 heavy (non-hydrogen) atoms. The Morgan fingerprint density at radius 2 is 0.900 bits per heavy atom. The van der Waals surface area contributed by atoms with Crippen LogP contribution in [0.1, 0.15) is 12.8 Å². The van der Waals surface area contributed by atoms with Crippen LogP contribution < -0.4 is 74.0 Å². The standard InChI is InChI=1S/C13H8F17NO6S.2Na/c14-6(15,8(18,19)10(22,23)12(26,27)28)7(16,17)9(20,21)11(24,25)13(29,30)38(36,37)31-3(5(34)35)1-2-4(32)33;;/h3,31H,1-2H2,(H,32,33)(H,34,35);;/q;2*+1/p-2/t3-;;/m0../s1. The van der Waals surface area contributed by atoms with Crippen LogP contribution in [-0.4, -0.2) is 73.4 Å². The third kappa shape index (κ3) is 6.90. The second-order valence-corrected chi connectivity index (χ2v) is 8.62. The minimum absolute atomic E-state index is 0. The number of carbonyl (C=O) groups excluding carboxylic acids is 2. The molecule has 0 heterocycles. The van der Waals surface area contributed by atoms with E-state index < -0.39 is 87.8 Å². The third-order valence-corrected chi connectivity index (χ3v) is 5.78. The maximum absolute atomic E-state index is 13.8. The van der Waals surface area contributed by atoms with Gasteiger partial charge in [0.15, 0.2) is 0 Å². The number of carboxylic acids is 2. The first-order valence-electron chi connectivity index (χ1n) is 8.36. The van der Waals surface area contributed by atoms with Gasteiger partial charge in [-0.15, -0.1) is 0 Å². The fourth-order valence-electron chi connectivity index (χ4n) is 2.07. The van der Waals surface area contributed by atoms with Gasteiger partial charge in [0.1, 0.15) is 0 Å². The van der Waals surface area contributed by atoms with Crippen LogP contribution in [0.2, 0.25) is 0 Å². The molecule has 0 rings (SSSR count). The van der Waals surface area contributed by atoms with E-state index >= 15 is 0 Å². The Labute approximate surface area is 253 Å². The fraction of sp³-hybridized carbons (Fsp3) is 0.846. The third-order valence-electron chi connectivity index (χ3n) is 4.25. The Kier molecular flexibility index (Phi) is 14.0. The summed E-state index contributed by atoms with van der Waals surface area (Å²) in [6.45, 7) is 0. The molecule has 0 aromatic rings. The maximum Gasteiger partial charge on any atom is 1.00 e. The van der Waals surface area contributed by atoms with E-state index in [0.29, 0.717) is 0 Å². The van der Waals surface area contributed by atoms with Gasteiger partial charge in [-0.05, 0) is 12.8 Å². The molecule has 0 aliphatic heterocycles. The Balaban J connectivity index is -0.00000684. The quantitative estimate of drug-likeness (QED) is 0.156. The van der Waals surface area contributed by atoms with Crippen molar-refractivity contribution in [3.63, 3.8) is 0 Å². The number of sulfonamides is 1. The zero-order valence-corrected chi connectivity index (χ0v) is 23.6. The number of halogens is 17. The SMILES string of the molecule is O=C([O-])CC[C@H](NS(=O)(=O)C(F)(F)C(F)(F)C(F)(F)C(F)(F)C(F)(F)C(F)(F)C(F)(F)C(F)(F)F)C(=O)[O-].[Na+].[Na+]. The average Bonchev–Trinajstić information content (AvgIpc) is 2.68. The van der Waals surface area contributed by atoms with Crippen LogP contribution >= 0.6 is 0 Å². The Hall–Kier alpha value is -0.340. The van der Waals surface area contributed by atoms with E-state index in [4.69, 9.17) is 0 Å². The van der Waals surface area contributed by atoms with E-state index in [9.17, 15) is 103 Å². The van der Waals surface area contributed by atoms with E-state index in [-0.39, 0.29) is 63.8 Å². The Bertz CT molecular complexity index is 1030. The summed E-state index contributed by atoms with van der Waals surface area (Å²) >= 11 is 0. The minimum Gasteiger partial charge on any atom is -0.550 e. The minimum atomic E-state index is -9.05. The number of carboxylic acid groups (broad SMARTS) is 2. The molecule has 7 nitrogen and oxygen atoms in total. The van der Waals surface area contributed by atoms with Crippen LogP contribution in [0.15, 0.2) is 0 Å². The summed E-state index contributed by atoms with van der Waals surface area (Å²) in [6, 6.07) is -3.41. The fourth-order valence-corrected chi connectivity index (χ4v) is 3.27. The van der Waals surface area contributed by atoms with Crippen LogP contribution in [0.4, 0.5) is 74.6 Å². The smallest absolute Gasteiger partial charge is 0.550 e. The molecular formula is C13H6F17NNa2O6S. The summed E-state index contributed by atoms with van der Waals surface area (Å²) < 4.78 is 246. The van der Waals surface area contributed by atoms with Crippen molar-refractivity contribution in [3.05, 3.63) is 0 Å². The van der Waals surface area contributed by atoms with Gasteiger partial charge < -0.3 is 19.8 Å². The monoisotopic (exact) mass is 673 g/mol. The van der Waals surface area contributed by atoms with Crippen LogP contribution in [0.3, 0.4) is 0 Å². The normalized spacial score (nSPS) is 15.5. The number of hydrogen-bond donors (Lipinski definition) is 1. The Morgan fingerprint density at radius 1 is 0.600 bits per heavy atom. The first-order valence-corrected chi connectivity index (χ1v) is 9.84. The molecule has 0 amide bonds. The topological polar surface area (TPSA) is 126 Å². The summed E-state index contributed by atoms with van der Waals surface area (Å²) in [6.07, 6.45) is -11.4. The Morgan fingerprint density at radius 3 is 1.18 bits per heavy atom. The van der Waals surface area contributed by atoms with Gasteiger partial charge in [0.25, 0.3) is 10.0 Å². The van der Waals surface area contributed by atoms with Crippen LogP contribution in [0.25, 0.3) is 0 Å². The van der Waals surface area contributed by atoms with Crippen molar-refractivity contribution in [2.24, 2.45) is 0 Å². The van der Waals surface area contributed by atoms with Crippen LogP contribution in [0.5, 0.6) is 0 Å². The molecule has 0 bridgehead atoms. The molecule has 0 fully saturated rings. The van der Waals surface area contributed by atoms with E-state index in [1.165, 1.54) is 0 Å². The van der Waals surface area contributed by atoms with Crippen molar-refractivity contribution in [2.45, 2.75) is 65.8 Å². The molecular weight excluding hydrogens is 667 g/mol. The van der Waals surface area contributed by atoms with Gasteiger partial charge in [-0.25, -0.2) is 13.1 Å². The van der Waals surface area contributed by atoms with E-state index in [1.807, 2.05) is 0 Å². The zero-order valence-electron chi connectivity index (χ0n) is 18.8. The first-order chi connectivity index (χ1) is 16.2. The van der Waals surface area contributed by atoms with Crippen molar-refractivity contribution in [1.29, 1.82) is 0 Å². The number of nitrogens with one attached hydrogen (secondary N) is 1. The molecule has 0 unspecified atom stereocenters. The number of carbonyl (C=O) groups is 2. The number of alkyl halides is 17. The molecule has 0 aliphatic rings. The molecule has 0 radical (unpaired) electrons. The zero-order chi connectivity index (χ0) is 31.4. The molecule has 226 valence electrons. The van der Waals surface area contributed by atoms with E-state index in [1.54, 1.807) is 0 Å². The first kappa shape index (κ1) is 44.1. The largest absolute Gasteiger partial charge is 1.00 e. The predicted octanol–water partition coefficient (Wildman–Crippen LogP) is -4.47. The number of aliphatic carboxylic acids is 2. The molecule has 0 saturated heterocycles. The van der Waals surface area contributed by atoms with Gasteiger partial charge in [0, 0.05) is 5.97 Å². The average molecular weight is 673 g/mol. The van der Waals surface area contributed by atoms with Crippen LogP contribution in [0, 0.1) is 0 Å². The molecule has 0 aromatic carbocycles. The van der Waals surface area contributed by atoms with Gasteiger partial charge in [-0.3, -0.25) is 0 Å². The molecule has 0 spiro atoms. The summed E-state index contributed by atoms with van der Waals surface area (Å²) in [4.78, 5) is 20.8. The molecule has 0 saturated carbocycles. The van der Waals surface area contributed by atoms with Crippen LogP contribution in [-0.2, 0) is 19.6 Å². The second kappa shape index (κ2) is 12.7. The van der Waals surface area contributed by atoms with E-state index in [2.05, 4.69) is 0 Å². The molecule has 1 N–H and O–H groups in total. The second-order valence-electron chi connectivity index (χ2n) is 6.86. The van der Waals surface area contributed by atoms with Crippen molar-refractivity contribution < 1.29 is 162 Å². The van der Waals surface area contributed by atoms with Crippen molar-refractivity contribution in [2.75, 3.05) is 0 Å². The summed E-state index contributed by atoms with van der Waals surface area (Å²) in [5.74, 6) is -58.2. The number of rotatable bonds is 13. The van der Waals surface area contributed by atoms with Gasteiger partial charge in [0.2, 0.25) is 0 Å². The van der Waals surface area contributed by atoms with Crippen molar-refractivity contribution in [1.82, 2.24) is 4.72 Å².